The average Bonchev–Trinajstić information content (AvgIpc) is 3.30. The fraction of sp³-hybridized carbons (Fsp3) is 0.444. The molecule has 0 saturated carbocycles. The SMILES string of the molecule is O=C(c1cscn1)N1[C@H]2CC[C@@H]1[C@@](CO)(Cc1ccccc1)C2. The molecule has 1 N–H and O–H groups in total. The number of aromatic nitrogens is 1. The summed E-state index contributed by atoms with van der Waals surface area (Å²) in [5.41, 5.74) is 3.26. The van der Waals surface area contributed by atoms with Crippen molar-refractivity contribution in [3.8, 4) is 0 Å². The van der Waals surface area contributed by atoms with Crippen LogP contribution in [-0.2, 0) is 6.42 Å². The Morgan fingerprint density at radius 1 is 1.35 bits per heavy atom. The Kier molecular flexibility index (Phi) is 3.70. The molecule has 0 radical (unpaired) electrons. The number of aliphatic hydroxyl groups is 1. The van der Waals surface area contributed by atoms with Crippen LogP contribution in [-0.4, -0.2) is 39.6 Å². The standard InChI is InChI=1S/C18H20N2O2S/c21-11-18(8-13-4-2-1-3-5-13)9-14-6-7-16(18)20(14)17(22)15-10-23-12-19-15/h1-5,10,12,14,16,21H,6-9,11H2/t14-,16+,18-/m0/s1. The van der Waals surface area contributed by atoms with Gasteiger partial charge in [-0.05, 0) is 31.2 Å². The number of hydrogen-bond acceptors (Lipinski definition) is 4. The second kappa shape index (κ2) is 5.73. The van der Waals surface area contributed by atoms with Gasteiger partial charge in [0.25, 0.3) is 5.91 Å². The number of thiazole rings is 1. The van der Waals surface area contributed by atoms with E-state index in [1.165, 1.54) is 16.9 Å². The van der Waals surface area contributed by atoms with Gasteiger partial charge < -0.3 is 10.0 Å². The first kappa shape index (κ1) is 14.8. The molecule has 0 unspecified atom stereocenters. The van der Waals surface area contributed by atoms with Crippen LogP contribution in [0.1, 0.15) is 35.3 Å². The summed E-state index contributed by atoms with van der Waals surface area (Å²) in [6, 6.07) is 10.6. The fourth-order valence-corrected chi connectivity index (χ4v) is 4.99. The summed E-state index contributed by atoms with van der Waals surface area (Å²) < 4.78 is 0. The van der Waals surface area contributed by atoms with Gasteiger partial charge >= 0.3 is 0 Å². The Hall–Kier alpha value is -1.72. The largest absolute Gasteiger partial charge is 0.396 e. The van der Waals surface area contributed by atoms with Gasteiger partial charge in [-0.1, -0.05) is 30.3 Å². The van der Waals surface area contributed by atoms with E-state index in [9.17, 15) is 9.90 Å². The molecule has 1 aromatic heterocycles. The molecule has 2 aromatic rings. The van der Waals surface area contributed by atoms with E-state index in [1.54, 1.807) is 5.51 Å². The predicted molar refractivity (Wildman–Crippen MR) is 89.4 cm³/mol. The van der Waals surface area contributed by atoms with E-state index in [4.69, 9.17) is 0 Å². The highest BCUT2D eigenvalue weighted by molar-refractivity contribution is 7.07. The Labute approximate surface area is 139 Å². The van der Waals surface area contributed by atoms with Crippen LogP contribution in [0, 0.1) is 5.41 Å². The van der Waals surface area contributed by atoms with E-state index < -0.39 is 0 Å². The summed E-state index contributed by atoms with van der Waals surface area (Å²) in [4.78, 5) is 19.0. The molecule has 1 amide bonds. The lowest BCUT2D eigenvalue weighted by Gasteiger charge is -2.36. The average molecular weight is 328 g/mol. The monoisotopic (exact) mass is 328 g/mol. The first-order chi connectivity index (χ1) is 11.2. The highest BCUT2D eigenvalue weighted by Crippen LogP contribution is 2.51. The zero-order chi connectivity index (χ0) is 15.9. The van der Waals surface area contributed by atoms with Crippen LogP contribution < -0.4 is 0 Å². The van der Waals surface area contributed by atoms with Crippen molar-refractivity contribution in [1.82, 2.24) is 9.88 Å². The first-order valence-electron chi connectivity index (χ1n) is 8.09. The van der Waals surface area contributed by atoms with Crippen molar-refractivity contribution in [3.05, 3.63) is 52.5 Å². The highest BCUT2D eigenvalue weighted by atomic mass is 32.1. The minimum Gasteiger partial charge on any atom is -0.396 e. The fourth-order valence-electron chi connectivity index (χ4n) is 4.47. The molecule has 1 aromatic carbocycles. The summed E-state index contributed by atoms with van der Waals surface area (Å²) in [5, 5.41) is 12.0. The smallest absolute Gasteiger partial charge is 0.273 e. The number of benzene rings is 1. The number of fused-ring (bicyclic) bond motifs is 2. The van der Waals surface area contributed by atoms with Crippen molar-refractivity contribution >= 4 is 17.2 Å². The summed E-state index contributed by atoms with van der Waals surface area (Å²) >= 11 is 1.45. The van der Waals surface area contributed by atoms with E-state index in [1.807, 2.05) is 28.5 Å². The minimum absolute atomic E-state index is 0.0298. The Morgan fingerprint density at radius 3 is 2.87 bits per heavy atom. The molecule has 4 rings (SSSR count). The van der Waals surface area contributed by atoms with E-state index >= 15 is 0 Å². The molecule has 0 spiro atoms. The van der Waals surface area contributed by atoms with Crippen molar-refractivity contribution in [2.45, 2.75) is 37.8 Å². The summed E-state index contributed by atoms with van der Waals surface area (Å²) in [6.07, 6.45) is 3.73. The van der Waals surface area contributed by atoms with Crippen LogP contribution in [0.15, 0.2) is 41.2 Å². The van der Waals surface area contributed by atoms with Gasteiger partial charge in [0.1, 0.15) is 5.69 Å². The number of rotatable bonds is 4. The molecular weight excluding hydrogens is 308 g/mol. The van der Waals surface area contributed by atoms with Crippen LogP contribution >= 0.6 is 11.3 Å². The predicted octanol–water partition coefficient (Wildman–Crippen LogP) is 2.74. The van der Waals surface area contributed by atoms with Gasteiger partial charge in [-0.15, -0.1) is 11.3 Å². The number of carbonyl (C=O) groups excluding carboxylic acids is 1. The third-order valence-electron chi connectivity index (χ3n) is 5.45. The molecule has 4 nitrogen and oxygen atoms in total. The van der Waals surface area contributed by atoms with Gasteiger partial charge in [-0.2, -0.15) is 0 Å². The molecule has 2 bridgehead atoms. The van der Waals surface area contributed by atoms with Crippen LogP contribution in [0.4, 0.5) is 0 Å². The molecule has 2 aliphatic heterocycles. The Balaban J connectivity index is 1.62. The van der Waals surface area contributed by atoms with Gasteiger partial charge in [0.05, 0.1) is 12.1 Å². The zero-order valence-electron chi connectivity index (χ0n) is 12.9. The van der Waals surface area contributed by atoms with Gasteiger partial charge in [0.15, 0.2) is 0 Å². The van der Waals surface area contributed by atoms with E-state index in [0.717, 1.165) is 25.7 Å². The van der Waals surface area contributed by atoms with E-state index in [2.05, 4.69) is 17.1 Å². The van der Waals surface area contributed by atoms with Crippen molar-refractivity contribution in [1.29, 1.82) is 0 Å². The van der Waals surface area contributed by atoms with Gasteiger partial charge in [-0.25, -0.2) is 4.98 Å². The maximum absolute atomic E-state index is 12.8. The van der Waals surface area contributed by atoms with Crippen molar-refractivity contribution in [3.63, 3.8) is 0 Å². The molecule has 3 atom stereocenters. The van der Waals surface area contributed by atoms with E-state index in [0.29, 0.717) is 5.69 Å². The van der Waals surface area contributed by atoms with Gasteiger partial charge in [0, 0.05) is 22.9 Å². The van der Waals surface area contributed by atoms with Crippen molar-refractivity contribution < 1.29 is 9.90 Å². The molecule has 5 heteroatoms. The molecule has 2 fully saturated rings. The van der Waals surface area contributed by atoms with Crippen molar-refractivity contribution in [2.24, 2.45) is 5.41 Å². The Bertz CT molecular complexity index is 688. The zero-order valence-corrected chi connectivity index (χ0v) is 13.7. The molecule has 0 aliphatic carbocycles. The lowest BCUT2D eigenvalue weighted by Crippen LogP contribution is -2.44. The van der Waals surface area contributed by atoms with Crippen LogP contribution in [0.25, 0.3) is 0 Å². The third-order valence-corrected chi connectivity index (χ3v) is 6.04. The number of aliphatic hydroxyl groups excluding tert-OH is 1. The number of nitrogens with zero attached hydrogens (tertiary/aromatic N) is 2. The first-order valence-corrected chi connectivity index (χ1v) is 9.03. The van der Waals surface area contributed by atoms with Crippen LogP contribution in [0.3, 0.4) is 0 Å². The molecule has 23 heavy (non-hydrogen) atoms. The normalized spacial score (nSPS) is 29.2. The highest BCUT2D eigenvalue weighted by Gasteiger charge is 2.57. The summed E-state index contributed by atoms with van der Waals surface area (Å²) in [5.74, 6) is 0.0298. The maximum atomic E-state index is 12.8. The number of amides is 1. The Morgan fingerprint density at radius 2 is 2.17 bits per heavy atom. The van der Waals surface area contributed by atoms with Gasteiger partial charge in [-0.3, -0.25) is 4.79 Å². The van der Waals surface area contributed by atoms with Gasteiger partial charge in [0.2, 0.25) is 0 Å². The molecular formula is C18H20N2O2S. The molecule has 2 aliphatic rings. The van der Waals surface area contributed by atoms with E-state index in [-0.39, 0.29) is 30.0 Å². The number of carbonyl (C=O) groups is 1. The molecule has 3 heterocycles. The van der Waals surface area contributed by atoms with Crippen LogP contribution in [0.2, 0.25) is 0 Å². The topological polar surface area (TPSA) is 53.4 Å². The summed E-state index contributed by atoms with van der Waals surface area (Å²) in [7, 11) is 0. The minimum atomic E-state index is -0.212. The van der Waals surface area contributed by atoms with Crippen molar-refractivity contribution in [2.75, 3.05) is 6.61 Å². The molecule has 120 valence electrons. The quantitative estimate of drug-likeness (QED) is 0.939. The third kappa shape index (κ3) is 2.39. The second-order valence-corrected chi connectivity index (χ2v) is 7.44. The lowest BCUT2D eigenvalue weighted by atomic mass is 9.70. The second-order valence-electron chi connectivity index (χ2n) is 6.72. The van der Waals surface area contributed by atoms with Crippen LogP contribution in [0.5, 0.6) is 0 Å². The summed E-state index contributed by atoms with van der Waals surface area (Å²) in [6.45, 7) is 0.129. The maximum Gasteiger partial charge on any atom is 0.273 e. The molecule has 2 saturated heterocycles. The number of hydrogen-bond donors (Lipinski definition) is 1. The lowest BCUT2D eigenvalue weighted by molar-refractivity contribution is 0.0567.